The van der Waals surface area contributed by atoms with Crippen LogP contribution in [0.25, 0.3) is 0 Å². The molecule has 0 N–H and O–H groups in total. The number of carbonyl (C=O) groups excluding carboxylic acids is 1. The SMILES string of the molecule is CCCCC(=O)N1CCN(c2ccc(Br)cc2C)CC1. The molecule has 0 spiro atoms. The fourth-order valence-electron chi connectivity index (χ4n) is 2.66. The number of hydrogen-bond acceptors (Lipinski definition) is 2. The van der Waals surface area contributed by atoms with E-state index in [1.54, 1.807) is 0 Å². The van der Waals surface area contributed by atoms with Gasteiger partial charge in [0.1, 0.15) is 0 Å². The van der Waals surface area contributed by atoms with Crippen molar-refractivity contribution in [1.82, 2.24) is 4.90 Å². The molecule has 20 heavy (non-hydrogen) atoms. The maximum Gasteiger partial charge on any atom is 0.222 e. The Labute approximate surface area is 130 Å². The minimum Gasteiger partial charge on any atom is -0.368 e. The van der Waals surface area contributed by atoms with Crippen LogP contribution in [0, 0.1) is 6.92 Å². The summed E-state index contributed by atoms with van der Waals surface area (Å²) in [4.78, 5) is 16.4. The summed E-state index contributed by atoms with van der Waals surface area (Å²) in [6.07, 6.45) is 2.79. The molecule has 1 aromatic carbocycles. The first-order valence-electron chi connectivity index (χ1n) is 7.40. The summed E-state index contributed by atoms with van der Waals surface area (Å²) in [5.74, 6) is 0.319. The standard InChI is InChI=1S/C16H23BrN2O/c1-3-4-5-16(20)19-10-8-18(9-11-19)15-7-6-14(17)12-13(15)2/h6-7,12H,3-5,8-11H2,1-2H3. The lowest BCUT2D eigenvalue weighted by atomic mass is 10.1. The Balaban J connectivity index is 1.92. The van der Waals surface area contributed by atoms with Gasteiger partial charge in [0.25, 0.3) is 0 Å². The number of rotatable bonds is 4. The van der Waals surface area contributed by atoms with E-state index in [4.69, 9.17) is 0 Å². The van der Waals surface area contributed by atoms with Crippen LogP contribution in [0.1, 0.15) is 31.7 Å². The molecule has 0 bridgehead atoms. The zero-order valence-corrected chi connectivity index (χ0v) is 13.9. The molecule has 1 aliphatic heterocycles. The lowest BCUT2D eigenvalue weighted by molar-refractivity contribution is -0.131. The van der Waals surface area contributed by atoms with Gasteiger partial charge in [-0.25, -0.2) is 0 Å². The third-order valence-corrected chi connectivity index (χ3v) is 4.37. The van der Waals surface area contributed by atoms with Crippen molar-refractivity contribution in [1.29, 1.82) is 0 Å². The molecule has 110 valence electrons. The number of hydrogen-bond donors (Lipinski definition) is 0. The summed E-state index contributed by atoms with van der Waals surface area (Å²) < 4.78 is 1.12. The maximum absolute atomic E-state index is 12.0. The Morgan fingerprint density at radius 3 is 2.55 bits per heavy atom. The molecule has 1 fully saturated rings. The quantitative estimate of drug-likeness (QED) is 0.837. The molecule has 1 aromatic rings. The van der Waals surface area contributed by atoms with Crippen LogP contribution in [-0.4, -0.2) is 37.0 Å². The highest BCUT2D eigenvalue weighted by atomic mass is 79.9. The van der Waals surface area contributed by atoms with Crippen LogP contribution in [0.15, 0.2) is 22.7 Å². The van der Waals surface area contributed by atoms with E-state index >= 15 is 0 Å². The molecule has 1 saturated heterocycles. The first-order valence-corrected chi connectivity index (χ1v) is 8.20. The molecule has 0 radical (unpaired) electrons. The number of carbonyl (C=O) groups is 1. The smallest absolute Gasteiger partial charge is 0.222 e. The minimum absolute atomic E-state index is 0.319. The zero-order chi connectivity index (χ0) is 14.5. The van der Waals surface area contributed by atoms with E-state index in [0.29, 0.717) is 12.3 Å². The second kappa shape index (κ2) is 7.11. The lowest BCUT2D eigenvalue weighted by Crippen LogP contribution is -2.48. The number of benzene rings is 1. The summed E-state index contributed by atoms with van der Waals surface area (Å²) in [7, 11) is 0. The molecule has 0 aromatic heterocycles. The Bertz CT molecular complexity index is 468. The van der Waals surface area contributed by atoms with Gasteiger partial charge in [-0.15, -0.1) is 0 Å². The van der Waals surface area contributed by atoms with Gasteiger partial charge in [0.05, 0.1) is 0 Å². The number of piperazine rings is 1. The summed E-state index contributed by atoms with van der Waals surface area (Å²) in [6.45, 7) is 7.82. The second-order valence-corrected chi connectivity index (χ2v) is 6.32. The van der Waals surface area contributed by atoms with Gasteiger partial charge < -0.3 is 9.80 Å². The normalized spacial score (nSPS) is 15.6. The van der Waals surface area contributed by atoms with Gasteiger partial charge in [-0.2, -0.15) is 0 Å². The Hall–Kier alpha value is -1.03. The van der Waals surface area contributed by atoms with Crippen molar-refractivity contribution in [3.63, 3.8) is 0 Å². The van der Waals surface area contributed by atoms with Crippen molar-refractivity contribution in [2.24, 2.45) is 0 Å². The minimum atomic E-state index is 0.319. The van der Waals surface area contributed by atoms with E-state index in [1.165, 1.54) is 11.3 Å². The number of anilines is 1. The van der Waals surface area contributed by atoms with Crippen molar-refractivity contribution in [2.75, 3.05) is 31.1 Å². The van der Waals surface area contributed by atoms with Crippen molar-refractivity contribution in [3.05, 3.63) is 28.2 Å². The van der Waals surface area contributed by atoms with E-state index < -0.39 is 0 Å². The highest BCUT2D eigenvalue weighted by molar-refractivity contribution is 9.10. The molecule has 1 amide bonds. The van der Waals surface area contributed by atoms with E-state index in [-0.39, 0.29) is 0 Å². The molecular formula is C16H23BrN2O. The first kappa shape index (κ1) is 15.4. The summed E-state index contributed by atoms with van der Waals surface area (Å²) in [6, 6.07) is 6.39. The molecule has 0 atom stereocenters. The molecular weight excluding hydrogens is 316 g/mol. The average Bonchev–Trinajstić information content (AvgIpc) is 2.45. The largest absolute Gasteiger partial charge is 0.368 e. The van der Waals surface area contributed by atoms with Crippen LogP contribution in [0.3, 0.4) is 0 Å². The Morgan fingerprint density at radius 1 is 1.25 bits per heavy atom. The molecule has 2 rings (SSSR count). The monoisotopic (exact) mass is 338 g/mol. The van der Waals surface area contributed by atoms with Crippen molar-refractivity contribution in [2.45, 2.75) is 33.1 Å². The van der Waals surface area contributed by atoms with Gasteiger partial charge in [-0.05, 0) is 37.1 Å². The third kappa shape index (κ3) is 3.75. The average molecular weight is 339 g/mol. The van der Waals surface area contributed by atoms with Gasteiger partial charge >= 0.3 is 0 Å². The van der Waals surface area contributed by atoms with Crippen molar-refractivity contribution >= 4 is 27.5 Å². The van der Waals surface area contributed by atoms with E-state index in [1.807, 2.05) is 4.90 Å². The number of amides is 1. The molecule has 1 heterocycles. The third-order valence-electron chi connectivity index (χ3n) is 3.88. The van der Waals surface area contributed by atoms with Crippen LogP contribution >= 0.6 is 15.9 Å². The lowest BCUT2D eigenvalue weighted by Gasteiger charge is -2.37. The number of nitrogens with zero attached hydrogens (tertiary/aromatic N) is 2. The highest BCUT2D eigenvalue weighted by Gasteiger charge is 2.21. The highest BCUT2D eigenvalue weighted by Crippen LogP contribution is 2.25. The maximum atomic E-state index is 12.0. The Kier molecular flexibility index (Phi) is 5.46. The van der Waals surface area contributed by atoms with Gasteiger partial charge in [-0.1, -0.05) is 29.3 Å². The molecule has 4 heteroatoms. The molecule has 1 aliphatic rings. The zero-order valence-electron chi connectivity index (χ0n) is 12.4. The second-order valence-electron chi connectivity index (χ2n) is 5.40. The van der Waals surface area contributed by atoms with Crippen LogP contribution in [0.5, 0.6) is 0 Å². The molecule has 0 saturated carbocycles. The molecule has 0 unspecified atom stereocenters. The summed E-state index contributed by atoms with van der Waals surface area (Å²) >= 11 is 3.50. The number of aryl methyl sites for hydroxylation is 1. The van der Waals surface area contributed by atoms with Gasteiger partial charge in [0.15, 0.2) is 0 Å². The van der Waals surface area contributed by atoms with Crippen LogP contribution in [-0.2, 0) is 4.79 Å². The topological polar surface area (TPSA) is 23.6 Å². The predicted molar refractivity (Wildman–Crippen MR) is 87.2 cm³/mol. The van der Waals surface area contributed by atoms with Gasteiger partial charge in [-0.3, -0.25) is 4.79 Å². The molecule has 3 nitrogen and oxygen atoms in total. The number of halogens is 1. The summed E-state index contributed by atoms with van der Waals surface area (Å²) in [5, 5.41) is 0. The fraction of sp³-hybridized carbons (Fsp3) is 0.562. The molecule has 0 aliphatic carbocycles. The van der Waals surface area contributed by atoms with Crippen LogP contribution in [0.2, 0.25) is 0 Å². The fourth-order valence-corrected chi connectivity index (χ4v) is 3.13. The van der Waals surface area contributed by atoms with Crippen molar-refractivity contribution < 1.29 is 4.79 Å². The van der Waals surface area contributed by atoms with E-state index in [9.17, 15) is 4.79 Å². The summed E-state index contributed by atoms with van der Waals surface area (Å²) in [5.41, 5.74) is 2.57. The van der Waals surface area contributed by atoms with Crippen LogP contribution in [0.4, 0.5) is 5.69 Å². The Morgan fingerprint density at radius 2 is 1.95 bits per heavy atom. The first-order chi connectivity index (χ1) is 9.61. The van der Waals surface area contributed by atoms with Crippen LogP contribution < -0.4 is 4.90 Å². The predicted octanol–water partition coefficient (Wildman–Crippen LogP) is 3.60. The van der Waals surface area contributed by atoms with Gasteiger partial charge in [0, 0.05) is 42.8 Å². The van der Waals surface area contributed by atoms with Crippen molar-refractivity contribution in [3.8, 4) is 0 Å². The van der Waals surface area contributed by atoms with E-state index in [2.05, 4.69) is 52.9 Å². The number of unbranched alkanes of at least 4 members (excludes halogenated alkanes) is 1. The van der Waals surface area contributed by atoms with Gasteiger partial charge in [0.2, 0.25) is 5.91 Å². The van der Waals surface area contributed by atoms with E-state index in [0.717, 1.165) is 43.5 Å².